The fraction of sp³-hybridized carbons (Fsp3) is 0.222. The summed E-state index contributed by atoms with van der Waals surface area (Å²) in [6.45, 7) is 0. The van der Waals surface area contributed by atoms with E-state index in [0.29, 0.717) is 0 Å². The molecule has 0 aliphatic carbocycles. The smallest absolute Gasteiger partial charge is 0.316 e. The molecule has 0 heterocycles. The number of methoxy groups -OCH3 is 1. The van der Waals surface area contributed by atoms with Gasteiger partial charge < -0.3 is 9.64 Å². The van der Waals surface area contributed by atoms with Gasteiger partial charge in [0, 0.05) is 12.7 Å². The minimum absolute atomic E-state index is 0.776. The molecule has 0 spiro atoms. The van der Waals surface area contributed by atoms with E-state index in [9.17, 15) is 4.79 Å². The fourth-order valence-corrected chi connectivity index (χ4v) is 0.859. The van der Waals surface area contributed by atoms with Crippen LogP contribution in [0.1, 0.15) is 0 Å². The first-order chi connectivity index (χ1) is 5.77. The van der Waals surface area contributed by atoms with Gasteiger partial charge in [-0.2, -0.15) is 0 Å². The monoisotopic (exact) mass is 164 g/mol. The van der Waals surface area contributed by atoms with Crippen molar-refractivity contribution in [2.24, 2.45) is 0 Å². The number of rotatable bonds is 3. The molecular formula is C9H10NO2. The second-order valence-corrected chi connectivity index (χ2v) is 2.35. The Morgan fingerprint density at radius 3 is 2.33 bits per heavy atom. The Hall–Kier alpha value is -1.51. The van der Waals surface area contributed by atoms with Crippen molar-refractivity contribution in [2.75, 3.05) is 19.1 Å². The summed E-state index contributed by atoms with van der Waals surface area (Å²) in [6.07, 6.45) is 1.76. The maximum Gasteiger partial charge on any atom is 0.316 e. The lowest BCUT2D eigenvalue weighted by molar-refractivity contribution is 0.415. The van der Waals surface area contributed by atoms with E-state index in [4.69, 9.17) is 4.74 Å². The minimum Gasteiger partial charge on any atom is -0.497 e. The van der Waals surface area contributed by atoms with Crippen molar-refractivity contribution in [2.45, 2.75) is 0 Å². The van der Waals surface area contributed by atoms with Crippen LogP contribution >= 0.6 is 0 Å². The Labute approximate surface area is 71.6 Å². The van der Waals surface area contributed by atoms with Crippen molar-refractivity contribution in [3.05, 3.63) is 24.3 Å². The molecule has 0 saturated carbocycles. The first-order valence-corrected chi connectivity index (χ1v) is 3.53. The normalized spacial score (nSPS) is 9.17. The molecule has 3 heteroatoms. The number of hydrogen-bond donors (Lipinski definition) is 0. The van der Waals surface area contributed by atoms with Gasteiger partial charge in [-0.25, -0.2) is 0 Å². The van der Waals surface area contributed by atoms with Crippen molar-refractivity contribution >= 4 is 12.1 Å². The van der Waals surface area contributed by atoms with Crippen LogP contribution in [-0.2, 0) is 4.79 Å². The van der Waals surface area contributed by atoms with Gasteiger partial charge in [-0.3, -0.25) is 4.79 Å². The summed E-state index contributed by atoms with van der Waals surface area (Å²) in [7, 11) is 3.25. The highest BCUT2D eigenvalue weighted by Gasteiger charge is 1.98. The molecule has 0 aliphatic rings. The van der Waals surface area contributed by atoms with Crippen LogP contribution in [0.4, 0.5) is 5.69 Å². The molecule has 0 aromatic heterocycles. The quantitative estimate of drug-likeness (QED) is 0.628. The Balaban J connectivity index is 2.84. The van der Waals surface area contributed by atoms with Crippen LogP contribution in [0.25, 0.3) is 0 Å². The fourth-order valence-electron chi connectivity index (χ4n) is 0.859. The first kappa shape index (κ1) is 8.59. The molecule has 0 bridgehead atoms. The maximum atomic E-state index is 10.2. The van der Waals surface area contributed by atoms with E-state index in [1.54, 1.807) is 44.8 Å². The summed E-state index contributed by atoms with van der Waals surface area (Å²) in [5, 5.41) is 0. The molecule has 0 aliphatic heterocycles. The molecule has 1 radical (unpaired) electrons. The molecule has 63 valence electrons. The summed E-state index contributed by atoms with van der Waals surface area (Å²) >= 11 is 0. The van der Waals surface area contributed by atoms with Gasteiger partial charge in [0.05, 0.1) is 7.11 Å². The molecule has 0 N–H and O–H groups in total. The van der Waals surface area contributed by atoms with Gasteiger partial charge in [0.2, 0.25) is 0 Å². The van der Waals surface area contributed by atoms with Gasteiger partial charge in [0.15, 0.2) is 0 Å². The van der Waals surface area contributed by atoms with Gasteiger partial charge in [-0.1, -0.05) is 0 Å². The lowest BCUT2D eigenvalue weighted by atomic mass is 10.3. The third-order valence-corrected chi connectivity index (χ3v) is 1.60. The van der Waals surface area contributed by atoms with Gasteiger partial charge in [-0.05, 0) is 24.3 Å². The lowest BCUT2D eigenvalue weighted by Gasteiger charge is -2.09. The number of nitrogens with zero attached hydrogens (tertiary/aromatic N) is 1. The molecule has 3 nitrogen and oxygen atoms in total. The standard InChI is InChI=1S/C9H10NO2/c1-10(7-11)8-3-5-9(12-2)6-4-8/h3-6H,1-2H3. The summed E-state index contributed by atoms with van der Waals surface area (Å²) in [5.41, 5.74) is 0.797. The molecular weight excluding hydrogens is 154 g/mol. The van der Waals surface area contributed by atoms with Gasteiger partial charge >= 0.3 is 6.41 Å². The highest BCUT2D eigenvalue weighted by atomic mass is 16.5. The van der Waals surface area contributed by atoms with E-state index in [2.05, 4.69) is 0 Å². The average Bonchev–Trinajstić information content (AvgIpc) is 2.17. The van der Waals surface area contributed by atoms with Crippen molar-refractivity contribution in [3.63, 3.8) is 0 Å². The molecule has 1 aromatic rings. The zero-order valence-corrected chi connectivity index (χ0v) is 7.07. The largest absolute Gasteiger partial charge is 0.497 e. The third-order valence-electron chi connectivity index (χ3n) is 1.60. The molecule has 12 heavy (non-hydrogen) atoms. The van der Waals surface area contributed by atoms with Crippen LogP contribution in [0, 0.1) is 0 Å². The van der Waals surface area contributed by atoms with Gasteiger partial charge in [0.25, 0.3) is 0 Å². The highest BCUT2D eigenvalue weighted by molar-refractivity contribution is 5.74. The third kappa shape index (κ3) is 1.75. The second-order valence-electron chi connectivity index (χ2n) is 2.35. The first-order valence-electron chi connectivity index (χ1n) is 3.53. The number of anilines is 1. The topological polar surface area (TPSA) is 29.5 Å². The minimum atomic E-state index is 0.776. The molecule has 1 rings (SSSR count). The number of benzene rings is 1. The Kier molecular flexibility index (Phi) is 2.69. The van der Waals surface area contributed by atoms with Crippen LogP contribution in [0.5, 0.6) is 5.75 Å². The van der Waals surface area contributed by atoms with Gasteiger partial charge in [-0.15, -0.1) is 0 Å². The zero-order chi connectivity index (χ0) is 8.97. The van der Waals surface area contributed by atoms with Crippen molar-refractivity contribution in [1.82, 2.24) is 0 Å². The van der Waals surface area contributed by atoms with Crippen molar-refractivity contribution in [1.29, 1.82) is 0 Å². The second kappa shape index (κ2) is 3.76. The predicted octanol–water partition coefficient (Wildman–Crippen LogP) is 1.20. The van der Waals surface area contributed by atoms with E-state index < -0.39 is 0 Å². The van der Waals surface area contributed by atoms with Crippen LogP contribution in [0.15, 0.2) is 24.3 Å². The number of ether oxygens (including phenoxy) is 1. The molecule has 0 atom stereocenters. The Bertz CT molecular complexity index is 256. The predicted molar refractivity (Wildman–Crippen MR) is 47.1 cm³/mol. The van der Waals surface area contributed by atoms with Gasteiger partial charge in [0.1, 0.15) is 5.75 Å². The van der Waals surface area contributed by atoms with E-state index >= 15 is 0 Å². The molecule has 0 unspecified atom stereocenters. The Morgan fingerprint density at radius 2 is 1.92 bits per heavy atom. The van der Waals surface area contributed by atoms with Crippen molar-refractivity contribution < 1.29 is 9.53 Å². The molecule has 0 saturated heterocycles. The molecule has 1 aromatic carbocycles. The summed E-state index contributed by atoms with van der Waals surface area (Å²) < 4.78 is 4.97. The summed E-state index contributed by atoms with van der Waals surface area (Å²) in [6, 6.07) is 7.18. The average molecular weight is 164 g/mol. The SMILES string of the molecule is COc1ccc(N(C)[C]=O)cc1. The van der Waals surface area contributed by atoms with E-state index in [0.717, 1.165) is 11.4 Å². The summed E-state index contributed by atoms with van der Waals surface area (Å²) in [4.78, 5) is 11.6. The van der Waals surface area contributed by atoms with Crippen molar-refractivity contribution in [3.8, 4) is 5.75 Å². The van der Waals surface area contributed by atoms with Crippen LogP contribution < -0.4 is 9.64 Å². The van der Waals surface area contributed by atoms with E-state index in [-0.39, 0.29) is 0 Å². The number of hydrogen-bond acceptors (Lipinski definition) is 2. The maximum absolute atomic E-state index is 10.2. The van der Waals surface area contributed by atoms with Crippen LogP contribution in [0.3, 0.4) is 0 Å². The highest BCUT2D eigenvalue weighted by Crippen LogP contribution is 2.16. The molecule has 1 amide bonds. The van der Waals surface area contributed by atoms with Crippen LogP contribution in [-0.4, -0.2) is 20.6 Å². The molecule has 0 fully saturated rings. The number of amides is 1. The number of carbonyl (C=O) groups excluding carboxylic acids is 1. The lowest BCUT2D eigenvalue weighted by Crippen LogP contribution is -2.13. The van der Waals surface area contributed by atoms with E-state index in [1.807, 2.05) is 0 Å². The van der Waals surface area contributed by atoms with E-state index in [1.165, 1.54) is 4.90 Å². The zero-order valence-electron chi connectivity index (χ0n) is 7.07. The Morgan fingerprint density at radius 1 is 1.33 bits per heavy atom. The summed E-state index contributed by atoms with van der Waals surface area (Å²) in [5.74, 6) is 0.776. The van der Waals surface area contributed by atoms with Crippen LogP contribution in [0.2, 0.25) is 0 Å².